The SMILES string of the molecule is COC1(OCC(=O)COC(C)=O)CCCC1. The number of Topliss-reactive ketones (excluding diaryl/α,β-unsaturated/α-hetero) is 1. The van der Waals surface area contributed by atoms with Crippen molar-refractivity contribution in [3.05, 3.63) is 0 Å². The van der Waals surface area contributed by atoms with Crippen molar-refractivity contribution < 1.29 is 23.8 Å². The molecule has 0 aliphatic heterocycles. The van der Waals surface area contributed by atoms with Crippen LogP contribution in [0.3, 0.4) is 0 Å². The lowest BCUT2D eigenvalue weighted by Gasteiger charge is -2.27. The van der Waals surface area contributed by atoms with Crippen LogP contribution in [0.15, 0.2) is 0 Å². The Morgan fingerprint density at radius 3 is 2.31 bits per heavy atom. The molecule has 1 saturated carbocycles. The van der Waals surface area contributed by atoms with Gasteiger partial charge >= 0.3 is 5.97 Å². The molecule has 0 amide bonds. The molecule has 0 aromatic carbocycles. The Kier molecular flexibility index (Phi) is 4.89. The maximum Gasteiger partial charge on any atom is 0.303 e. The minimum absolute atomic E-state index is 0.0683. The predicted octanol–water partition coefficient (Wildman–Crippen LogP) is 1.05. The highest BCUT2D eigenvalue weighted by atomic mass is 16.7. The first-order valence-electron chi connectivity index (χ1n) is 5.42. The molecule has 5 nitrogen and oxygen atoms in total. The van der Waals surface area contributed by atoms with Crippen LogP contribution in [0.5, 0.6) is 0 Å². The lowest BCUT2D eigenvalue weighted by atomic mass is 10.2. The van der Waals surface area contributed by atoms with E-state index in [0.717, 1.165) is 25.7 Å². The molecule has 0 aromatic heterocycles. The fourth-order valence-electron chi connectivity index (χ4n) is 1.76. The van der Waals surface area contributed by atoms with Crippen LogP contribution in [-0.4, -0.2) is 37.9 Å². The first-order valence-corrected chi connectivity index (χ1v) is 5.42. The van der Waals surface area contributed by atoms with Gasteiger partial charge in [-0.05, 0) is 12.8 Å². The molecule has 0 saturated heterocycles. The average Bonchev–Trinajstić information content (AvgIpc) is 2.73. The van der Waals surface area contributed by atoms with E-state index in [1.54, 1.807) is 7.11 Å². The quantitative estimate of drug-likeness (QED) is 0.504. The van der Waals surface area contributed by atoms with Crippen molar-refractivity contribution in [2.24, 2.45) is 0 Å². The number of carbonyl (C=O) groups is 2. The lowest BCUT2D eigenvalue weighted by molar-refractivity contribution is -0.217. The standard InChI is InChI=1S/C11H18O5/c1-9(12)15-7-10(13)8-16-11(14-2)5-3-4-6-11/h3-8H2,1-2H3. The predicted molar refractivity (Wildman–Crippen MR) is 55.8 cm³/mol. The van der Waals surface area contributed by atoms with Crippen molar-refractivity contribution in [2.75, 3.05) is 20.3 Å². The third-order valence-electron chi connectivity index (χ3n) is 2.67. The van der Waals surface area contributed by atoms with Crippen LogP contribution in [-0.2, 0) is 23.8 Å². The van der Waals surface area contributed by atoms with Crippen molar-refractivity contribution >= 4 is 11.8 Å². The van der Waals surface area contributed by atoms with Gasteiger partial charge in [-0.3, -0.25) is 9.59 Å². The van der Waals surface area contributed by atoms with Crippen LogP contribution < -0.4 is 0 Å². The molecule has 1 aliphatic rings. The van der Waals surface area contributed by atoms with Gasteiger partial charge in [-0.25, -0.2) is 0 Å². The van der Waals surface area contributed by atoms with Gasteiger partial charge in [0.2, 0.25) is 0 Å². The second-order valence-corrected chi connectivity index (χ2v) is 3.93. The number of hydrogen-bond acceptors (Lipinski definition) is 5. The van der Waals surface area contributed by atoms with Crippen LogP contribution in [0.4, 0.5) is 0 Å². The van der Waals surface area contributed by atoms with Crippen molar-refractivity contribution in [3.63, 3.8) is 0 Å². The molecule has 0 atom stereocenters. The molecule has 92 valence electrons. The minimum atomic E-state index is -0.605. The highest BCUT2D eigenvalue weighted by Crippen LogP contribution is 2.33. The highest BCUT2D eigenvalue weighted by Gasteiger charge is 2.35. The molecule has 0 radical (unpaired) electrons. The van der Waals surface area contributed by atoms with Crippen LogP contribution in [0.25, 0.3) is 0 Å². The first kappa shape index (κ1) is 13.1. The molecule has 0 N–H and O–H groups in total. The van der Waals surface area contributed by atoms with Gasteiger partial charge in [0.1, 0.15) is 6.61 Å². The summed E-state index contributed by atoms with van der Waals surface area (Å²) in [6.45, 7) is 0.970. The average molecular weight is 230 g/mol. The van der Waals surface area contributed by atoms with Gasteiger partial charge in [-0.2, -0.15) is 0 Å². The molecule has 0 bridgehead atoms. The second kappa shape index (κ2) is 5.96. The lowest BCUT2D eigenvalue weighted by Crippen LogP contribution is -2.34. The van der Waals surface area contributed by atoms with E-state index in [-0.39, 0.29) is 19.0 Å². The van der Waals surface area contributed by atoms with Crippen molar-refractivity contribution in [2.45, 2.75) is 38.4 Å². The molecular weight excluding hydrogens is 212 g/mol. The maximum absolute atomic E-state index is 11.3. The molecule has 16 heavy (non-hydrogen) atoms. The Labute approximate surface area is 95.0 Å². The second-order valence-electron chi connectivity index (χ2n) is 3.93. The summed E-state index contributed by atoms with van der Waals surface area (Å²) < 4.78 is 15.3. The van der Waals surface area contributed by atoms with Crippen LogP contribution in [0, 0.1) is 0 Å². The highest BCUT2D eigenvalue weighted by molar-refractivity contribution is 5.83. The number of carbonyl (C=O) groups excluding carboxylic acids is 2. The van der Waals surface area contributed by atoms with Crippen molar-refractivity contribution in [3.8, 4) is 0 Å². The summed E-state index contributed by atoms with van der Waals surface area (Å²) in [5.74, 6) is -1.32. The summed E-state index contributed by atoms with van der Waals surface area (Å²) in [5.41, 5.74) is 0. The van der Waals surface area contributed by atoms with E-state index in [2.05, 4.69) is 4.74 Å². The molecule has 0 unspecified atom stereocenters. The van der Waals surface area contributed by atoms with Crippen LogP contribution in [0.2, 0.25) is 0 Å². The number of ketones is 1. The molecule has 0 spiro atoms. The monoisotopic (exact) mass is 230 g/mol. The van der Waals surface area contributed by atoms with Crippen LogP contribution in [0.1, 0.15) is 32.6 Å². The van der Waals surface area contributed by atoms with Gasteiger partial charge in [-0.15, -0.1) is 0 Å². The third-order valence-corrected chi connectivity index (χ3v) is 2.67. The van der Waals surface area contributed by atoms with E-state index in [9.17, 15) is 9.59 Å². The molecule has 0 aromatic rings. The van der Waals surface area contributed by atoms with E-state index < -0.39 is 11.8 Å². The van der Waals surface area contributed by atoms with Gasteiger partial charge in [0.05, 0.1) is 0 Å². The van der Waals surface area contributed by atoms with E-state index in [1.807, 2.05) is 0 Å². The summed E-state index contributed by atoms with van der Waals surface area (Å²) in [5, 5.41) is 0. The summed E-state index contributed by atoms with van der Waals surface area (Å²) >= 11 is 0. The zero-order valence-electron chi connectivity index (χ0n) is 9.78. The summed E-state index contributed by atoms with van der Waals surface area (Å²) in [4.78, 5) is 21.8. The maximum atomic E-state index is 11.3. The minimum Gasteiger partial charge on any atom is -0.458 e. The first-order chi connectivity index (χ1) is 7.58. The topological polar surface area (TPSA) is 61.8 Å². The Morgan fingerprint density at radius 1 is 1.19 bits per heavy atom. The normalized spacial score (nSPS) is 18.4. The van der Waals surface area contributed by atoms with Crippen LogP contribution >= 0.6 is 0 Å². The fraction of sp³-hybridized carbons (Fsp3) is 0.818. The summed E-state index contributed by atoms with van der Waals surface area (Å²) in [7, 11) is 1.59. The van der Waals surface area contributed by atoms with E-state index in [1.165, 1.54) is 6.92 Å². The van der Waals surface area contributed by atoms with Gasteiger partial charge < -0.3 is 14.2 Å². The number of ether oxygens (including phenoxy) is 3. The fourth-order valence-corrected chi connectivity index (χ4v) is 1.76. The van der Waals surface area contributed by atoms with Crippen molar-refractivity contribution in [1.29, 1.82) is 0 Å². The third kappa shape index (κ3) is 3.90. The molecule has 1 aliphatic carbocycles. The molecule has 1 rings (SSSR count). The number of rotatable bonds is 6. The molecule has 0 heterocycles. The van der Waals surface area contributed by atoms with Gasteiger partial charge in [0.25, 0.3) is 0 Å². The zero-order valence-corrected chi connectivity index (χ0v) is 9.78. The largest absolute Gasteiger partial charge is 0.458 e. The Hall–Kier alpha value is -0.940. The smallest absolute Gasteiger partial charge is 0.303 e. The Bertz CT molecular complexity index is 255. The number of hydrogen-bond donors (Lipinski definition) is 0. The van der Waals surface area contributed by atoms with Crippen molar-refractivity contribution in [1.82, 2.24) is 0 Å². The Morgan fingerprint density at radius 2 is 1.81 bits per heavy atom. The van der Waals surface area contributed by atoms with Gasteiger partial charge in [0, 0.05) is 26.9 Å². The zero-order chi connectivity index (χ0) is 12.0. The summed E-state index contributed by atoms with van der Waals surface area (Å²) in [6.07, 6.45) is 3.71. The summed E-state index contributed by atoms with van der Waals surface area (Å²) in [6, 6.07) is 0. The number of esters is 1. The molecule has 1 fully saturated rings. The molecular formula is C11H18O5. The molecule has 5 heteroatoms. The van der Waals surface area contributed by atoms with E-state index in [0.29, 0.717) is 0 Å². The van der Waals surface area contributed by atoms with E-state index >= 15 is 0 Å². The number of methoxy groups -OCH3 is 1. The van der Waals surface area contributed by atoms with E-state index in [4.69, 9.17) is 9.47 Å². The van der Waals surface area contributed by atoms with Gasteiger partial charge in [0.15, 0.2) is 18.2 Å². The van der Waals surface area contributed by atoms with Gasteiger partial charge in [-0.1, -0.05) is 0 Å². The Balaban J connectivity index is 2.27.